The summed E-state index contributed by atoms with van der Waals surface area (Å²) in [7, 11) is 3.23. The molecule has 2 amide bonds. The molecule has 0 bridgehead atoms. The summed E-state index contributed by atoms with van der Waals surface area (Å²) in [5.41, 5.74) is 11.7. The van der Waals surface area contributed by atoms with Crippen LogP contribution in [0.5, 0.6) is 11.5 Å². The fourth-order valence-corrected chi connectivity index (χ4v) is 3.86. The molecule has 3 N–H and O–H groups in total. The average Bonchev–Trinajstić information content (AvgIpc) is 3.24. The molecule has 1 aliphatic rings. The molecule has 2 heterocycles. The van der Waals surface area contributed by atoms with Gasteiger partial charge >= 0.3 is 6.03 Å². The molecule has 0 saturated heterocycles. The Morgan fingerprint density at radius 2 is 1.77 bits per heavy atom. The zero-order chi connectivity index (χ0) is 21.3. The van der Waals surface area contributed by atoms with Crippen molar-refractivity contribution in [2.45, 2.75) is 19.4 Å². The van der Waals surface area contributed by atoms with Crippen molar-refractivity contribution in [2.75, 3.05) is 14.2 Å². The highest BCUT2D eigenvalue weighted by molar-refractivity contribution is 5.86. The highest BCUT2D eigenvalue weighted by Crippen LogP contribution is 2.39. The van der Waals surface area contributed by atoms with Crippen LogP contribution in [-0.2, 0) is 6.42 Å². The number of ether oxygens (including phenoxy) is 2. The molecule has 0 aliphatic carbocycles. The minimum absolute atomic E-state index is 0.0953. The number of hydrogen-bond acceptors (Lipinski definition) is 4. The van der Waals surface area contributed by atoms with Crippen molar-refractivity contribution in [1.82, 2.24) is 15.1 Å². The Balaban J connectivity index is 1.87. The smallest absolute Gasteiger partial charge is 0.319 e. The minimum atomic E-state index is -0.484. The lowest BCUT2D eigenvalue weighted by Crippen LogP contribution is -2.38. The summed E-state index contributed by atoms with van der Waals surface area (Å²) in [6, 6.07) is 11.5. The second-order valence-electron chi connectivity index (χ2n) is 7.27. The van der Waals surface area contributed by atoms with Crippen molar-refractivity contribution in [2.24, 2.45) is 5.73 Å². The third-order valence-electron chi connectivity index (χ3n) is 5.44. The van der Waals surface area contributed by atoms with Crippen LogP contribution in [0.1, 0.15) is 23.6 Å². The van der Waals surface area contributed by atoms with Crippen molar-refractivity contribution in [3.63, 3.8) is 0 Å². The van der Waals surface area contributed by atoms with Crippen LogP contribution in [0.25, 0.3) is 16.7 Å². The maximum absolute atomic E-state index is 12.1. The molecular formula is C23H24N4O3. The van der Waals surface area contributed by atoms with Crippen molar-refractivity contribution in [3.8, 4) is 22.6 Å². The van der Waals surface area contributed by atoms with Crippen molar-refractivity contribution in [3.05, 3.63) is 71.7 Å². The predicted molar refractivity (Wildman–Crippen MR) is 115 cm³/mol. The van der Waals surface area contributed by atoms with E-state index in [1.807, 2.05) is 55.7 Å². The van der Waals surface area contributed by atoms with Gasteiger partial charge in [0.2, 0.25) is 0 Å². The quantitative estimate of drug-likeness (QED) is 0.691. The fourth-order valence-electron chi connectivity index (χ4n) is 3.86. The molecule has 0 radical (unpaired) electrons. The van der Waals surface area contributed by atoms with Crippen LogP contribution in [0.4, 0.5) is 4.79 Å². The summed E-state index contributed by atoms with van der Waals surface area (Å²) in [5, 5.41) is 6.83. The normalized spacial score (nSPS) is 15.8. The van der Waals surface area contributed by atoms with Gasteiger partial charge in [-0.05, 0) is 47.7 Å². The number of nitrogens with two attached hydrogens (primary N) is 1. The average molecular weight is 404 g/mol. The van der Waals surface area contributed by atoms with Gasteiger partial charge in [0.1, 0.15) is 0 Å². The van der Waals surface area contributed by atoms with E-state index in [2.05, 4.69) is 10.2 Å². The first kappa shape index (κ1) is 19.6. The van der Waals surface area contributed by atoms with Gasteiger partial charge in [-0.15, -0.1) is 0 Å². The molecule has 1 atom stereocenters. The van der Waals surface area contributed by atoms with Gasteiger partial charge in [-0.25, -0.2) is 4.79 Å². The molecule has 7 nitrogen and oxygen atoms in total. The summed E-state index contributed by atoms with van der Waals surface area (Å²) in [6.45, 7) is 1.98. The molecule has 154 valence electrons. The van der Waals surface area contributed by atoms with E-state index in [-0.39, 0.29) is 6.04 Å². The molecule has 1 aromatic heterocycles. The summed E-state index contributed by atoms with van der Waals surface area (Å²) in [4.78, 5) is 13.7. The Kier molecular flexibility index (Phi) is 5.18. The van der Waals surface area contributed by atoms with E-state index >= 15 is 0 Å². The Labute approximate surface area is 175 Å². The third kappa shape index (κ3) is 3.50. The lowest BCUT2D eigenvalue weighted by Gasteiger charge is -2.22. The summed E-state index contributed by atoms with van der Waals surface area (Å²) in [6.07, 6.45) is 6.11. The van der Waals surface area contributed by atoms with Gasteiger partial charge in [0.05, 0.1) is 20.4 Å². The third-order valence-corrected chi connectivity index (χ3v) is 5.44. The topological polar surface area (TPSA) is 93.5 Å². The van der Waals surface area contributed by atoms with Crippen LogP contribution < -0.4 is 15.2 Å². The molecule has 3 aromatic rings. The molecule has 0 spiro atoms. The monoisotopic (exact) mass is 404 g/mol. The fraction of sp³-hybridized carbons (Fsp3) is 0.217. The lowest BCUT2D eigenvalue weighted by molar-refractivity contribution is 0.213. The first-order valence-corrected chi connectivity index (χ1v) is 9.66. The molecule has 0 fully saturated rings. The van der Waals surface area contributed by atoms with E-state index in [1.165, 1.54) is 0 Å². The maximum Gasteiger partial charge on any atom is 0.319 e. The number of aromatic nitrogens is 2. The van der Waals surface area contributed by atoms with Crippen LogP contribution in [0, 0.1) is 0 Å². The zero-order valence-electron chi connectivity index (χ0n) is 17.2. The van der Waals surface area contributed by atoms with E-state index in [1.54, 1.807) is 25.3 Å². The summed E-state index contributed by atoms with van der Waals surface area (Å²) < 4.78 is 11.0. The van der Waals surface area contributed by atoms with E-state index < -0.39 is 6.03 Å². The van der Waals surface area contributed by atoms with Gasteiger partial charge in [0.15, 0.2) is 11.5 Å². The number of nitrogens with one attached hydrogen (secondary N) is 1. The van der Waals surface area contributed by atoms with Gasteiger partial charge in [-0.3, -0.25) is 10.00 Å². The van der Waals surface area contributed by atoms with Crippen molar-refractivity contribution < 1.29 is 14.3 Å². The number of fused-ring (bicyclic) bond motifs is 1. The largest absolute Gasteiger partial charge is 0.493 e. The van der Waals surface area contributed by atoms with Crippen molar-refractivity contribution in [1.29, 1.82) is 0 Å². The standard InChI is InChI=1S/C23H24N4O3/c1-14-8-17-9-21(29-2)22(30-3)10-19(17)20(13-27(14)23(24)28)16-6-4-15(5-7-16)18-11-25-26-12-18/h4-7,9-14H,8H2,1-3H3,(H2,24,28)(H,25,26). The number of aromatic amines is 1. The zero-order valence-corrected chi connectivity index (χ0v) is 17.2. The summed E-state index contributed by atoms with van der Waals surface area (Å²) >= 11 is 0. The Morgan fingerprint density at radius 3 is 2.37 bits per heavy atom. The number of rotatable bonds is 4. The van der Waals surface area contributed by atoms with E-state index in [4.69, 9.17) is 15.2 Å². The van der Waals surface area contributed by atoms with Crippen LogP contribution in [0.15, 0.2) is 55.0 Å². The second-order valence-corrected chi connectivity index (χ2v) is 7.27. The molecular weight excluding hydrogens is 380 g/mol. The lowest BCUT2D eigenvalue weighted by atomic mass is 9.92. The van der Waals surface area contributed by atoms with E-state index in [0.29, 0.717) is 17.9 Å². The van der Waals surface area contributed by atoms with Crippen LogP contribution in [0.2, 0.25) is 0 Å². The van der Waals surface area contributed by atoms with E-state index in [9.17, 15) is 4.79 Å². The molecule has 7 heteroatoms. The SMILES string of the molecule is COc1cc2c(cc1OC)C(c1ccc(-c3cn[nH]c3)cc1)=CN(C(N)=O)C(C)C2. The highest BCUT2D eigenvalue weighted by Gasteiger charge is 2.26. The van der Waals surface area contributed by atoms with Gasteiger partial charge in [0, 0.05) is 29.6 Å². The van der Waals surface area contributed by atoms with Gasteiger partial charge in [0.25, 0.3) is 0 Å². The number of nitrogens with zero attached hydrogens (tertiary/aromatic N) is 2. The predicted octanol–water partition coefficient (Wildman–Crippen LogP) is 3.81. The first-order chi connectivity index (χ1) is 14.5. The van der Waals surface area contributed by atoms with E-state index in [0.717, 1.165) is 33.4 Å². The molecule has 2 aromatic carbocycles. The highest BCUT2D eigenvalue weighted by atomic mass is 16.5. The van der Waals surface area contributed by atoms with Crippen LogP contribution in [0.3, 0.4) is 0 Å². The number of carbonyl (C=O) groups excluding carboxylic acids is 1. The summed E-state index contributed by atoms with van der Waals surface area (Å²) in [5.74, 6) is 1.29. The number of hydrogen-bond donors (Lipinski definition) is 2. The Bertz CT molecular complexity index is 1090. The number of methoxy groups -OCH3 is 2. The second kappa shape index (κ2) is 7.94. The van der Waals surface area contributed by atoms with Crippen molar-refractivity contribution >= 4 is 11.6 Å². The number of amides is 2. The van der Waals surface area contributed by atoms with Gasteiger partial charge in [-0.2, -0.15) is 5.10 Å². The number of benzene rings is 2. The first-order valence-electron chi connectivity index (χ1n) is 9.66. The maximum atomic E-state index is 12.1. The van der Waals surface area contributed by atoms with Gasteiger partial charge < -0.3 is 15.2 Å². The molecule has 1 unspecified atom stereocenters. The Morgan fingerprint density at radius 1 is 1.10 bits per heavy atom. The minimum Gasteiger partial charge on any atom is -0.493 e. The van der Waals surface area contributed by atoms with Gasteiger partial charge in [-0.1, -0.05) is 24.3 Å². The molecule has 1 aliphatic heterocycles. The number of carbonyl (C=O) groups is 1. The number of H-pyrrole nitrogens is 1. The molecule has 30 heavy (non-hydrogen) atoms. The number of urea groups is 1. The Hall–Kier alpha value is -3.74. The number of primary amides is 1. The van der Waals surface area contributed by atoms with Crippen LogP contribution in [-0.4, -0.2) is 41.4 Å². The van der Waals surface area contributed by atoms with Crippen LogP contribution >= 0.6 is 0 Å². The molecule has 4 rings (SSSR count). The molecule has 0 saturated carbocycles.